The number of carbonyl (C=O) groups is 2. The third-order valence-corrected chi connectivity index (χ3v) is 3.88. The summed E-state index contributed by atoms with van der Waals surface area (Å²) >= 11 is 0. The normalized spacial score (nSPS) is 10.8. The number of H-pyrrole nitrogens is 1. The van der Waals surface area contributed by atoms with E-state index < -0.39 is 5.97 Å². The van der Waals surface area contributed by atoms with Crippen molar-refractivity contribution < 1.29 is 14.3 Å². The van der Waals surface area contributed by atoms with Crippen LogP contribution in [0.4, 0.5) is 5.69 Å². The first-order valence-electron chi connectivity index (χ1n) is 7.85. The minimum Gasteiger partial charge on any atom is -0.464 e. The molecule has 0 spiro atoms. The number of amides is 1. The van der Waals surface area contributed by atoms with E-state index in [4.69, 9.17) is 4.74 Å². The van der Waals surface area contributed by atoms with Gasteiger partial charge in [-0.15, -0.1) is 0 Å². The van der Waals surface area contributed by atoms with Crippen LogP contribution in [0.1, 0.15) is 28.3 Å². The second-order valence-electron chi connectivity index (χ2n) is 5.77. The summed E-state index contributed by atoms with van der Waals surface area (Å²) in [5.41, 5.74) is 3.43. The average Bonchev–Trinajstić information content (AvgIpc) is 3.14. The van der Waals surface area contributed by atoms with Crippen LogP contribution in [0.2, 0.25) is 0 Å². The highest BCUT2D eigenvalue weighted by Gasteiger charge is 2.15. The smallest absolute Gasteiger partial charge is 0.359 e. The van der Waals surface area contributed by atoms with E-state index in [2.05, 4.69) is 20.6 Å². The minimum atomic E-state index is -0.528. The number of fused-ring (bicyclic) bond motifs is 1. The van der Waals surface area contributed by atoms with Crippen LogP contribution in [-0.2, 0) is 16.1 Å². The van der Waals surface area contributed by atoms with Gasteiger partial charge >= 0.3 is 5.97 Å². The molecule has 130 valence electrons. The fourth-order valence-electron chi connectivity index (χ4n) is 2.68. The van der Waals surface area contributed by atoms with Gasteiger partial charge in [-0.3, -0.25) is 14.6 Å². The van der Waals surface area contributed by atoms with E-state index >= 15 is 0 Å². The van der Waals surface area contributed by atoms with Crippen molar-refractivity contribution in [3.05, 3.63) is 41.3 Å². The number of aryl methyl sites for hydroxylation is 3. The van der Waals surface area contributed by atoms with Crippen LogP contribution in [-0.4, -0.2) is 39.0 Å². The lowest BCUT2D eigenvalue weighted by Gasteiger charge is -2.07. The van der Waals surface area contributed by atoms with E-state index in [0.717, 1.165) is 11.4 Å². The molecular weight excluding hydrogens is 322 g/mol. The van der Waals surface area contributed by atoms with Crippen molar-refractivity contribution >= 4 is 28.5 Å². The van der Waals surface area contributed by atoms with Gasteiger partial charge in [0.2, 0.25) is 5.91 Å². The number of aromatic nitrogens is 4. The van der Waals surface area contributed by atoms with Crippen molar-refractivity contribution in [1.29, 1.82) is 0 Å². The maximum absolute atomic E-state index is 12.2. The molecule has 1 aromatic carbocycles. The first kappa shape index (κ1) is 16.7. The van der Waals surface area contributed by atoms with Gasteiger partial charge in [-0.1, -0.05) is 0 Å². The molecule has 0 saturated heterocycles. The molecule has 8 nitrogen and oxygen atoms in total. The fraction of sp³-hybridized carbons (Fsp3) is 0.294. The van der Waals surface area contributed by atoms with Crippen LogP contribution in [0, 0.1) is 13.8 Å². The maximum Gasteiger partial charge on any atom is 0.359 e. The van der Waals surface area contributed by atoms with Crippen LogP contribution in [0.25, 0.3) is 10.9 Å². The number of benzene rings is 1. The second kappa shape index (κ2) is 6.76. The molecule has 0 unspecified atom stereocenters. The Kier molecular flexibility index (Phi) is 4.51. The molecule has 2 heterocycles. The van der Waals surface area contributed by atoms with E-state index in [1.54, 1.807) is 18.2 Å². The summed E-state index contributed by atoms with van der Waals surface area (Å²) in [6.07, 6.45) is 0.301. The van der Waals surface area contributed by atoms with Gasteiger partial charge in [-0.2, -0.15) is 10.2 Å². The lowest BCUT2D eigenvalue weighted by atomic mass is 10.2. The molecular formula is C17H19N5O3. The van der Waals surface area contributed by atoms with E-state index in [1.807, 2.05) is 24.6 Å². The lowest BCUT2D eigenvalue weighted by molar-refractivity contribution is -0.116. The zero-order valence-corrected chi connectivity index (χ0v) is 14.3. The molecule has 0 aliphatic rings. The molecule has 0 fully saturated rings. The van der Waals surface area contributed by atoms with E-state index in [1.165, 1.54) is 7.11 Å². The number of hydrogen-bond donors (Lipinski definition) is 2. The lowest BCUT2D eigenvalue weighted by Crippen LogP contribution is -2.15. The largest absolute Gasteiger partial charge is 0.464 e. The molecule has 0 aliphatic carbocycles. The highest BCUT2D eigenvalue weighted by molar-refractivity contribution is 6.03. The summed E-state index contributed by atoms with van der Waals surface area (Å²) in [5.74, 6) is -0.658. The van der Waals surface area contributed by atoms with Gasteiger partial charge in [0.15, 0.2) is 5.69 Å². The first-order chi connectivity index (χ1) is 12.0. The standard InChI is InChI=1S/C17H19N5O3/c1-10-8-11(2)22(21-10)7-6-15(23)18-12-4-5-14-13(9-12)16(20-19-14)17(24)25-3/h4-5,8-9H,6-7H2,1-3H3,(H,18,23)(H,19,20). The molecule has 8 heteroatoms. The monoisotopic (exact) mass is 341 g/mol. The highest BCUT2D eigenvalue weighted by Crippen LogP contribution is 2.21. The van der Waals surface area contributed by atoms with Crippen molar-refractivity contribution in [1.82, 2.24) is 20.0 Å². The molecule has 2 aromatic heterocycles. The van der Waals surface area contributed by atoms with Gasteiger partial charge in [0.25, 0.3) is 0 Å². The molecule has 25 heavy (non-hydrogen) atoms. The Morgan fingerprint density at radius 1 is 1.28 bits per heavy atom. The molecule has 0 aliphatic heterocycles. The summed E-state index contributed by atoms with van der Waals surface area (Å²) in [6, 6.07) is 7.18. The van der Waals surface area contributed by atoms with Gasteiger partial charge in [-0.05, 0) is 38.1 Å². The Morgan fingerprint density at radius 3 is 2.76 bits per heavy atom. The quantitative estimate of drug-likeness (QED) is 0.693. The van der Waals surface area contributed by atoms with Crippen LogP contribution >= 0.6 is 0 Å². The number of anilines is 1. The van der Waals surface area contributed by atoms with Gasteiger partial charge in [0.1, 0.15) is 0 Å². The maximum atomic E-state index is 12.2. The van der Waals surface area contributed by atoms with Crippen molar-refractivity contribution in [2.24, 2.45) is 0 Å². The van der Waals surface area contributed by atoms with Crippen LogP contribution in [0.5, 0.6) is 0 Å². The molecule has 1 amide bonds. The van der Waals surface area contributed by atoms with E-state index in [0.29, 0.717) is 29.6 Å². The zero-order valence-electron chi connectivity index (χ0n) is 14.3. The molecule has 0 radical (unpaired) electrons. The van der Waals surface area contributed by atoms with Gasteiger partial charge in [0.05, 0.1) is 18.3 Å². The zero-order chi connectivity index (χ0) is 18.0. The number of nitrogens with zero attached hydrogens (tertiary/aromatic N) is 3. The third-order valence-electron chi connectivity index (χ3n) is 3.88. The summed E-state index contributed by atoms with van der Waals surface area (Å²) in [5, 5.41) is 14.5. The molecule has 0 saturated carbocycles. The third kappa shape index (κ3) is 3.52. The van der Waals surface area contributed by atoms with Crippen molar-refractivity contribution in [2.75, 3.05) is 12.4 Å². The van der Waals surface area contributed by atoms with Crippen molar-refractivity contribution in [3.8, 4) is 0 Å². The number of carbonyl (C=O) groups excluding carboxylic acids is 2. The SMILES string of the molecule is COC(=O)c1n[nH]c2ccc(NC(=O)CCn3nc(C)cc3C)cc12. The van der Waals surface area contributed by atoms with Crippen LogP contribution in [0.15, 0.2) is 24.3 Å². The Hall–Kier alpha value is -3.16. The fourth-order valence-corrected chi connectivity index (χ4v) is 2.68. The van der Waals surface area contributed by atoms with Crippen LogP contribution in [0.3, 0.4) is 0 Å². The average molecular weight is 341 g/mol. The van der Waals surface area contributed by atoms with Gasteiger partial charge in [-0.25, -0.2) is 4.79 Å². The van der Waals surface area contributed by atoms with Crippen molar-refractivity contribution in [3.63, 3.8) is 0 Å². The topological polar surface area (TPSA) is 102 Å². The number of rotatable bonds is 5. The number of aromatic amines is 1. The molecule has 0 bridgehead atoms. The summed E-state index contributed by atoms with van der Waals surface area (Å²) < 4.78 is 6.51. The Bertz CT molecular complexity index is 941. The summed E-state index contributed by atoms with van der Waals surface area (Å²) in [6.45, 7) is 4.38. The molecule has 2 N–H and O–H groups in total. The summed E-state index contributed by atoms with van der Waals surface area (Å²) in [7, 11) is 1.30. The van der Waals surface area contributed by atoms with Gasteiger partial charge in [0, 0.05) is 29.7 Å². The number of nitrogens with one attached hydrogen (secondary N) is 2. The molecule has 3 rings (SSSR count). The highest BCUT2D eigenvalue weighted by atomic mass is 16.5. The van der Waals surface area contributed by atoms with Crippen molar-refractivity contribution in [2.45, 2.75) is 26.8 Å². The minimum absolute atomic E-state index is 0.130. The molecule has 0 atom stereocenters. The van der Waals surface area contributed by atoms with Gasteiger partial charge < -0.3 is 10.1 Å². The first-order valence-corrected chi connectivity index (χ1v) is 7.85. The van der Waals surface area contributed by atoms with Crippen LogP contribution < -0.4 is 5.32 Å². The second-order valence-corrected chi connectivity index (χ2v) is 5.77. The predicted octanol–water partition coefficient (Wildman–Crippen LogP) is 2.19. The Balaban J connectivity index is 1.70. The van der Waals surface area contributed by atoms with E-state index in [-0.39, 0.29) is 11.6 Å². The number of ether oxygens (including phenoxy) is 1. The Morgan fingerprint density at radius 2 is 2.08 bits per heavy atom. The Labute approximate surface area is 144 Å². The summed E-state index contributed by atoms with van der Waals surface area (Å²) in [4.78, 5) is 23.9. The number of esters is 1. The molecule has 3 aromatic rings. The predicted molar refractivity (Wildman–Crippen MR) is 92.4 cm³/mol. The number of hydrogen-bond acceptors (Lipinski definition) is 5. The van der Waals surface area contributed by atoms with E-state index in [9.17, 15) is 9.59 Å². The number of methoxy groups -OCH3 is 1.